The Morgan fingerprint density at radius 3 is 2.31 bits per heavy atom. The highest BCUT2D eigenvalue weighted by Crippen LogP contribution is 2.33. The van der Waals surface area contributed by atoms with Gasteiger partial charge in [-0.3, -0.25) is 4.57 Å². The number of ether oxygens (including phenoxy) is 1. The van der Waals surface area contributed by atoms with Crippen LogP contribution in [0.2, 0.25) is 0 Å². The number of aromatic nitrogens is 3. The number of hydrogen-bond acceptors (Lipinski definition) is 6. The van der Waals surface area contributed by atoms with Crippen LogP contribution in [0, 0.1) is 0 Å². The molecule has 0 spiro atoms. The molecular formula is C19H22F3N3O5S2. The number of benzene rings is 1. The van der Waals surface area contributed by atoms with Gasteiger partial charge in [-0.2, -0.15) is 21.6 Å². The average Bonchev–Trinajstić information content (AvgIpc) is 2.95. The van der Waals surface area contributed by atoms with Crippen LogP contribution in [0.25, 0.3) is 16.9 Å². The Kier molecular flexibility index (Phi) is 6.63. The summed E-state index contributed by atoms with van der Waals surface area (Å²) in [6.45, 7) is 0.493. The predicted octanol–water partition coefficient (Wildman–Crippen LogP) is 3.08. The van der Waals surface area contributed by atoms with Gasteiger partial charge in [-0.15, -0.1) is 0 Å². The maximum Gasteiger partial charge on any atom is 0.534 e. The average molecular weight is 494 g/mol. The fraction of sp³-hybridized carbons (Fsp3) is 0.368. The first-order valence-corrected chi connectivity index (χ1v) is 13.6. The fourth-order valence-electron chi connectivity index (χ4n) is 2.73. The van der Waals surface area contributed by atoms with Crippen LogP contribution >= 0.6 is 10.0 Å². The minimum absolute atomic E-state index is 0.00850. The number of rotatable bonds is 8. The first-order chi connectivity index (χ1) is 14.8. The topological polar surface area (TPSA) is 92.4 Å². The van der Waals surface area contributed by atoms with Gasteiger partial charge >= 0.3 is 21.3 Å². The smallest absolute Gasteiger partial charge is 0.376 e. The third kappa shape index (κ3) is 5.27. The Labute approximate surface area is 184 Å². The molecule has 2 heterocycles. The van der Waals surface area contributed by atoms with Crippen molar-refractivity contribution in [1.82, 2.24) is 14.1 Å². The van der Waals surface area contributed by atoms with Crippen molar-refractivity contribution >= 4 is 31.3 Å². The quantitative estimate of drug-likeness (QED) is 0.272. The molecule has 8 nitrogen and oxygen atoms in total. The summed E-state index contributed by atoms with van der Waals surface area (Å²) in [6, 6.07) is 7.96. The van der Waals surface area contributed by atoms with Gasteiger partial charge < -0.3 is 8.92 Å². The van der Waals surface area contributed by atoms with E-state index in [1.165, 1.54) is 27.5 Å². The molecule has 0 radical (unpaired) electrons. The molecule has 32 heavy (non-hydrogen) atoms. The molecule has 0 aliphatic heterocycles. The molecule has 0 N–H and O–H groups in total. The van der Waals surface area contributed by atoms with Gasteiger partial charge in [0.05, 0.1) is 17.8 Å². The van der Waals surface area contributed by atoms with Gasteiger partial charge in [-0.05, 0) is 55.2 Å². The number of imidazole rings is 1. The molecule has 3 aromatic rings. The van der Waals surface area contributed by atoms with E-state index < -0.39 is 37.1 Å². The summed E-state index contributed by atoms with van der Waals surface area (Å²) in [5.74, 6) is 0.338. The van der Waals surface area contributed by atoms with Crippen molar-refractivity contribution in [2.75, 3.05) is 31.1 Å². The van der Waals surface area contributed by atoms with Crippen LogP contribution in [-0.4, -0.2) is 59.2 Å². The zero-order valence-corrected chi connectivity index (χ0v) is 19.1. The van der Waals surface area contributed by atoms with Gasteiger partial charge in [-0.25, -0.2) is 24.4 Å². The van der Waals surface area contributed by atoms with Crippen LogP contribution in [-0.2, 0) is 21.6 Å². The summed E-state index contributed by atoms with van der Waals surface area (Å²) in [5, 5.41) is 0. The molecule has 0 unspecified atom stereocenters. The lowest BCUT2D eigenvalue weighted by Gasteiger charge is -2.24. The largest absolute Gasteiger partial charge is 0.534 e. The molecular weight excluding hydrogens is 471 g/mol. The maximum atomic E-state index is 13.1. The monoisotopic (exact) mass is 493 g/mol. The number of halogens is 3. The van der Waals surface area contributed by atoms with Crippen molar-refractivity contribution in [3.8, 4) is 11.4 Å². The van der Waals surface area contributed by atoms with Crippen molar-refractivity contribution < 1.29 is 30.5 Å². The molecule has 2 aromatic heterocycles. The lowest BCUT2D eigenvalue weighted by molar-refractivity contribution is -0.0500. The highest BCUT2D eigenvalue weighted by molar-refractivity contribution is 8.32. The number of nitrogens with zero attached hydrogens (tertiary/aromatic N) is 3. The summed E-state index contributed by atoms with van der Waals surface area (Å²) < 4.78 is 72.3. The van der Waals surface area contributed by atoms with Gasteiger partial charge in [0.25, 0.3) is 0 Å². The minimum Gasteiger partial charge on any atom is -0.376 e. The van der Waals surface area contributed by atoms with Crippen LogP contribution < -0.4 is 9.87 Å². The molecule has 0 aliphatic carbocycles. The van der Waals surface area contributed by atoms with Gasteiger partial charge in [0.2, 0.25) is 0 Å². The highest BCUT2D eigenvalue weighted by atomic mass is 32.3. The molecule has 0 fully saturated rings. The second-order valence-electron chi connectivity index (χ2n) is 7.70. The van der Waals surface area contributed by atoms with E-state index in [9.17, 15) is 26.4 Å². The third-order valence-electron chi connectivity index (χ3n) is 4.34. The molecule has 176 valence electrons. The molecule has 0 saturated carbocycles. The van der Waals surface area contributed by atoms with Crippen molar-refractivity contribution in [2.24, 2.45) is 0 Å². The molecule has 0 saturated heterocycles. The standard InChI is InChI=1S/C19H22F3N3O5S2/c1-31(2,3)12-11-29-13-24-16-5-4-10-23-17(16)25(18(24)26)14-6-8-15(9-7-14)30-32(27,28)19(20,21)22/h4-10H,11-13H2,1-3H3. The Morgan fingerprint density at radius 1 is 1.06 bits per heavy atom. The minimum atomic E-state index is -5.79. The van der Waals surface area contributed by atoms with Crippen molar-refractivity contribution in [3.05, 3.63) is 53.1 Å². The molecule has 0 bridgehead atoms. The predicted molar refractivity (Wildman–Crippen MR) is 117 cm³/mol. The van der Waals surface area contributed by atoms with Gasteiger partial charge in [0, 0.05) is 11.9 Å². The van der Waals surface area contributed by atoms with Crippen molar-refractivity contribution in [2.45, 2.75) is 12.2 Å². The number of alkyl halides is 3. The molecule has 13 heteroatoms. The Bertz CT molecular complexity index is 1260. The second-order valence-corrected chi connectivity index (χ2v) is 13.8. The zero-order valence-electron chi connectivity index (χ0n) is 17.5. The lowest BCUT2D eigenvalue weighted by Crippen LogP contribution is -2.28. The Morgan fingerprint density at radius 2 is 1.72 bits per heavy atom. The summed E-state index contributed by atoms with van der Waals surface area (Å²) in [4.78, 5) is 17.3. The van der Waals surface area contributed by atoms with E-state index in [2.05, 4.69) is 27.9 Å². The van der Waals surface area contributed by atoms with Crippen LogP contribution in [0.5, 0.6) is 5.75 Å². The number of fused-ring (bicyclic) bond motifs is 1. The van der Waals surface area contributed by atoms with E-state index >= 15 is 0 Å². The number of pyridine rings is 1. The summed E-state index contributed by atoms with van der Waals surface area (Å²) in [5.41, 5.74) is -4.90. The molecule has 0 aliphatic rings. The first kappa shape index (κ1) is 24.1. The molecule has 1 aromatic carbocycles. The van der Waals surface area contributed by atoms with Gasteiger partial charge in [-0.1, -0.05) is 0 Å². The van der Waals surface area contributed by atoms with E-state index in [0.29, 0.717) is 17.8 Å². The summed E-state index contributed by atoms with van der Waals surface area (Å²) in [7, 11) is -6.54. The van der Waals surface area contributed by atoms with E-state index in [1.54, 1.807) is 12.1 Å². The van der Waals surface area contributed by atoms with Crippen LogP contribution in [0.1, 0.15) is 0 Å². The lowest BCUT2D eigenvalue weighted by atomic mass is 10.3. The number of hydrogen-bond donors (Lipinski definition) is 0. The zero-order chi connectivity index (χ0) is 23.7. The fourth-order valence-corrected chi connectivity index (χ4v) is 3.81. The maximum absolute atomic E-state index is 13.1. The van der Waals surface area contributed by atoms with E-state index in [4.69, 9.17) is 4.74 Å². The van der Waals surface area contributed by atoms with E-state index in [1.807, 2.05) is 0 Å². The van der Waals surface area contributed by atoms with Gasteiger partial charge in [0.15, 0.2) is 5.65 Å². The van der Waals surface area contributed by atoms with Crippen molar-refractivity contribution in [1.29, 1.82) is 0 Å². The Balaban J connectivity index is 1.91. The molecule has 0 atom stereocenters. The summed E-state index contributed by atoms with van der Waals surface area (Å²) >= 11 is 0. The third-order valence-corrected chi connectivity index (χ3v) is 6.71. The van der Waals surface area contributed by atoms with Crippen molar-refractivity contribution in [3.63, 3.8) is 0 Å². The Hall–Kier alpha value is -2.51. The second kappa shape index (κ2) is 8.79. The summed E-state index contributed by atoms with van der Waals surface area (Å²) in [6.07, 6.45) is 7.97. The van der Waals surface area contributed by atoms with E-state index in [-0.39, 0.29) is 12.4 Å². The molecule has 3 rings (SSSR count). The van der Waals surface area contributed by atoms with Crippen LogP contribution in [0.3, 0.4) is 0 Å². The van der Waals surface area contributed by atoms with E-state index in [0.717, 1.165) is 17.9 Å². The van der Waals surface area contributed by atoms with Gasteiger partial charge in [0.1, 0.15) is 12.5 Å². The first-order valence-electron chi connectivity index (χ1n) is 9.21. The highest BCUT2D eigenvalue weighted by Gasteiger charge is 2.48. The normalized spacial score (nSPS) is 13.4. The van der Waals surface area contributed by atoms with Crippen LogP contribution in [0.15, 0.2) is 47.4 Å². The van der Waals surface area contributed by atoms with Crippen LogP contribution in [0.4, 0.5) is 13.2 Å². The SMILES string of the molecule is CS(C)(C)CCOCn1c(=O)n(-c2ccc(OS(=O)(=O)C(F)(F)F)cc2)c2ncccc21. The molecule has 0 amide bonds.